The van der Waals surface area contributed by atoms with Gasteiger partial charge in [-0.3, -0.25) is 9.36 Å². The molecule has 0 saturated heterocycles. The van der Waals surface area contributed by atoms with Crippen molar-refractivity contribution in [3.8, 4) is 22.6 Å². The van der Waals surface area contributed by atoms with Crippen molar-refractivity contribution < 1.29 is 0 Å². The summed E-state index contributed by atoms with van der Waals surface area (Å²) in [6.45, 7) is 1.08. The molecule has 1 saturated carbocycles. The van der Waals surface area contributed by atoms with Gasteiger partial charge in [-0.1, -0.05) is 72.3 Å². The van der Waals surface area contributed by atoms with Gasteiger partial charge in [0.15, 0.2) is 0 Å². The second-order valence-electron chi connectivity index (χ2n) is 7.89. The van der Waals surface area contributed by atoms with Gasteiger partial charge < -0.3 is 5.32 Å². The van der Waals surface area contributed by atoms with E-state index in [0.717, 1.165) is 34.5 Å². The van der Waals surface area contributed by atoms with E-state index in [4.69, 9.17) is 0 Å². The highest BCUT2D eigenvalue weighted by molar-refractivity contribution is 7.06. The largest absolute Gasteiger partial charge is 0.374 e. The Morgan fingerprint density at radius 2 is 1.72 bits per heavy atom. The molecule has 160 valence electrons. The van der Waals surface area contributed by atoms with Crippen LogP contribution < -0.4 is 10.9 Å². The van der Waals surface area contributed by atoms with E-state index in [1.807, 2.05) is 60.7 Å². The van der Waals surface area contributed by atoms with Gasteiger partial charge >= 0.3 is 0 Å². The first-order valence-electron chi connectivity index (χ1n) is 10.9. The van der Waals surface area contributed by atoms with Crippen molar-refractivity contribution in [2.75, 3.05) is 5.32 Å². The topological polar surface area (TPSA) is 59.8 Å². The number of nitrogens with one attached hydrogen (secondary N) is 1. The molecule has 1 aliphatic rings. The van der Waals surface area contributed by atoms with Crippen LogP contribution in [0, 0.1) is 0 Å². The monoisotopic (exact) mass is 440 g/mol. The van der Waals surface area contributed by atoms with Crippen molar-refractivity contribution in [1.82, 2.24) is 13.9 Å². The summed E-state index contributed by atoms with van der Waals surface area (Å²) in [4.78, 5) is 19.1. The first kappa shape index (κ1) is 20.4. The molecular formula is C26H24N4OS. The molecule has 5 nitrogen and oxygen atoms in total. The van der Waals surface area contributed by atoms with Crippen LogP contribution in [0.25, 0.3) is 22.6 Å². The van der Waals surface area contributed by atoms with Crippen LogP contribution in [0.4, 0.5) is 5.69 Å². The average molecular weight is 441 g/mol. The lowest BCUT2D eigenvalue weighted by molar-refractivity contribution is 0.645. The fourth-order valence-electron chi connectivity index (χ4n) is 3.73. The van der Waals surface area contributed by atoms with Crippen molar-refractivity contribution >= 4 is 17.2 Å². The van der Waals surface area contributed by atoms with Crippen LogP contribution >= 0.6 is 11.5 Å². The van der Waals surface area contributed by atoms with Gasteiger partial charge in [0, 0.05) is 22.5 Å². The van der Waals surface area contributed by atoms with Crippen LogP contribution in [0.2, 0.25) is 0 Å². The number of rotatable bonds is 7. The standard InChI is InChI=1S/C26H24N4OS/c31-26-24(27-17-22-16-23(29-32-22)20-10-3-1-4-11-20)18-28-25(21-12-5-2-6-13-21)30(26)15-14-19-8-7-9-19/h1-6,10-14,16,18,27H,7-9,15,17H2. The molecule has 0 amide bonds. The molecule has 0 bridgehead atoms. The molecule has 1 aliphatic carbocycles. The predicted octanol–water partition coefficient (Wildman–Crippen LogP) is 5.76. The molecule has 4 aromatic rings. The number of nitrogens with zero attached hydrogens (tertiary/aromatic N) is 3. The van der Waals surface area contributed by atoms with Crippen LogP contribution in [-0.4, -0.2) is 13.9 Å². The van der Waals surface area contributed by atoms with E-state index in [1.54, 1.807) is 10.8 Å². The molecular weight excluding hydrogens is 416 g/mol. The maximum absolute atomic E-state index is 13.3. The molecule has 2 heterocycles. The summed E-state index contributed by atoms with van der Waals surface area (Å²) in [6.07, 6.45) is 7.34. The number of anilines is 1. The molecule has 6 heteroatoms. The van der Waals surface area contributed by atoms with Crippen LogP contribution in [0.5, 0.6) is 0 Å². The Bertz CT molecular complexity index is 1290. The smallest absolute Gasteiger partial charge is 0.277 e. The molecule has 1 fully saturated rings. The molecule has 5 rings (SSSR count). The average Bonchev–Trinajstić information content (AvgIpc) is 3.28. The number of hydrogen-bond acceptors (Lipinski definition) is 5. The summed E-state index contributed by atoms with van der Waals surface area (Å²) in [7, 11) is 0. The highest BCUT2D eigenvalue weighted by atomic mass is 32.1. The molecule has 2 aromatic heterocycles. The second-order valence-corrected chi connectivity index (χ2v) is 8.78. The number of allylic oxidation sites excluding steroid dienone is 2. The van der Waals surface area contributed by atoms with Crippen LogP contribution in [0.15, 0.2) is 89.4 Å². The fourth-order valence-corrected chi connectivity index (χ4v) is 4.40. The van der Waals surface area contributed by atoms with Crippen molar-refractivity contribution in [2.45, 2.75) is 32.4 Å². The highest BCUT2D eigenvalue weighted by Gasteiger charge is 2.14. The van der Waals surface area contributed by atoms with Gasteiger partial charge in [0.1, 0.15) is 11.5 Å². The van der Waals surface area contributed by atoms with Gasteiger partial charge in [-0.15, -0.1) is 0 Å². The number of aromatic nitrogens is 3. The van der Waals surface area contributed by atoms with Gasteiger partial charge in [-0.25, -0.2) is 4.98 Å². The Balaban J connectivity index is 1.39. The van der Waals surface area contributed by atoms with Crippen molar-refractivity contribution in [3.05, 3.63) is 99.8 Å². The van der Waals surface area contributed by atoms with E-state index in [-0.39, 0.29) is 5.56 Å². The number of benzene rings is 2. The Kier molecular flexibility index (Phi) is 5.94. The van der Waals surface area contributed by atoms with E-state index in [1.165, 1.54) is 23.5 Å². The first-order chi connectivity index (χ1) is 15.8. The Morgan fingerprint density at radius 3 is 2.41 bits per heavy atom. The van der Waals surface area contributed by atoms with Crippen molar-refractivity contribution in [3.63, 3.8) is 0 Å². The normalized spacial score (nSPS) is 12.9. The molecule has 0 atom stereocenters. The quantitative estimate of drug-likeness (QED) is 0.371. The van der Waals surface area contributed by atoms with Crippen molar-refractivity contribution in [2.24, 2.45) is 0 Å². The number of hydrogen-bond donors (Lipinski definition) is 1. The Labute approximate surface area is 191 Å². The van der Waals surface area contributed by atoms with Gasteiger partial charge in [-0.05, 0) is 36.9 Å². The zero-order valence-electron chi connectivity index (χ0n) is 17.7. The first-order valence-corrected chi connectivity index (χ1v) is 11.6. The summed E-state index contributed by atoms with van der Waals surface area (Å²) in [5.41, 5.74) is 4.87. The minimum atomic E-state index is -0.0529. The molecule has 0 aliphatic heterocycles. The Morgan fingerprint density at radius 1 is 1.00 bits per heavy atom. The third kappa shape index (κ3) is 4.41. The lowest BCUT2D eigenvalue weighted by atomic mass is 9.92. The SMILES string of the molecule is O=c1c(NCc2cc(-c3ccccc3)ns2)cnc(-c2ccccc2)n1CC=C1CCC1. The third-order valence-electron chi connectivity index (χ3n) is 5.72. The molecule has 1 N–H and O–H groups in total. The van der Waals surface area contributed by atoms with Crippen LogP contribution in [0.1, 0.15) is 24.1 Å². The summed E-state index contributed by atoms with van der Waals surface area (Å²) in [6, 6.07) is 22.1. The van der Waals surface area contributed by atoms with E-state index in [0.29, 0.717) is 24.6 Å². The van der Waals surface area contributed by atoms with Crippen LogP contribution in [-0.2, 0) is 13.1 Å². The van der Waals surface area contributed by atoms with Gasteiger partial charge in [-0.2, -0.15) is 4.37 Å². The Hall–Kier alpha value is -3.51. The summed E-state index contributed by atoms with van der Waals surface area (Å²) >= 11 is 1.45. The maximum Gasteiger partial charge on any atom is 0.277 e. The molecule has 32 heavy (non-hydrogen) atoms. The highest BCUT2D eigenvalue weighted by Crippen LogP contribution is 2.26. The van der Waals surface area contributed by atoms with Crippen molar-refractivity contribution in [1.29, 1.82) is 0 Å². The van der Waals surface area contributed by atoms with Gasteiger partial charge in [0.25, 0.3) is 5.56 Å². The lowest BCUT2D eigenvalue weighted by Gasteiger charge is -2.18. The maximum atomic E-state index is 13.3. The van der Waals surface area contributed by atoms with Gasteiger partial charge in [0.05, 0.1) is 18.4 Å². The van der Waals surface area contributed by atoms with E-state index < -0.39 is 0 Å². The van der Waals surface area contributed by atoms with Gasteiger partial charge in [0.2, 0.25) is 0 Å². The third-order valence-corrected chi connectivity index (χ3v) is 6.50. The lowest BCUT2D eigenvalue weighted by Crippen LogP contribution is -2.26. The zero-order chi connectivity index (χ0) is 21.8. The summed E-state index contributed by atoms with van der Waals surface area (Å²) in [5.74, 6) is 0.696. The van der Waals surface area contributed by atoms with E-state index >= 15 is 0 Å². The minimum absolute atomic E-state index is 0.0529. The zero-order valence-corrected chi connectivity index (χ0v) is 18.5. The molecule has 2 aromatic carbocycles. The predicted molar refractivity (Wildman–Crippen MR) is 131 cm³/mol. The second kappa shape index (κ2) is 9.32. The van der Waals surface area contributed by atoms with E-state index in [2.05, 4.69) is 26.8 Å². The minimum Gasteiger partial charge on any atom is -0.374 e. The fraction of sp³-hybridized carbons (Fsp3) is 0.192. The van der Waals surface area contributed by atoms with E-state index in [9.17, 15) is 4.79 Å². The summed E-state index contributed by atoms with van der Waals surface area (Å²) < 4.78 is 6.32. The summed E-state index contributed by atoms with van der Waals surface area (Å²) in [5, 5.41) is 3.28. The molecule has 0 radical (unpaired) electrons. The molecule has 0 spiro atoms. The van der Waals surface area contributed by atoms with Crippen LogP contribution in [0.3, 0.4) is 0 Å². The molecule has 0 unspecified atom stereocenters.